The highest BCUT2D eigenvalue weighted by Gasteiger charge is 2.08. The smallest absolute Gasteiger partial charge is 0.182 e. The van der Waals surface area contributed by atoms with Gasteiger partial charge in [-0.25, -0.2) is 4.98 Å². The molecular formula is C14H27N3O2S. The number of aromatic nitrogens is 1. The van der Waals surface area contributed by atoms with Gasteiger partial charge in [-0.05, 0) is 12.8 Å². The molecule has 0 saturated carbocycles. The lowest BCUT2D eigenvalue weighted by Gasteiger charge is -2.20. The first kappa shape index (κ1) is 17.4. The van der Waals surface area contributed by atoms with Crippen molar-refractivity contribution in [3.63, 3.8) is 0 Å². The van der Waals surface area contributed by atoms with Crippen LogP contribution >= 0.6 is 11.3 Å². The molecule has 0 bridgehead atoms. The zero-order chi connectivity index (χ0) is 14.6. The van der Waals surface area contributed by atoms with Crippen LogP contribution in [0.3, 0.4) is 0 Å². The first-order valence-corrected chi connectivity index (χ1v) is 8.00. The van der Waals surface area contributed by atoms with Crippen molar-refractivity contribution in [2.75, 3.05) is 52.4 Å². The van der Waals surface area contributed by atoms with E-state index in [0.29, 0.717) is 0 Å². The Bertz CT molecular complexity index is 347. The Morgan fingerprint density at radius 1 is 1.25 bits per heavy atom. The van der Waals surface area contributed by atoms with E-state index in [0.717, 1.165) is 57.4 Å². The second-order valence-electron chi connectivity index (χ2n) is 4.67. The lowest BCUT2D eigenvalue weighted by atomic mass is 10.3. The first-order chi connectivity index (χ1) is 9.80. The maximum atomic E-state index is 5.18. The number of methoxy groups -OCH3 is 2. The molecule has 0 unspecified atom stereocenters. The van der Waals surface area contributed by atoms with Gasteiger partial charge in [0.05, 0.1) is 6.61 Å². The number of thiazole rings is 1. The van der Waals surface area contributed by atoms with Crippen molar-refractivity contribution in [3.8, 4) is 0 Å². The van der Waals surface area contributed by atoms with Gasteiger partial charge in [0.1, 0.15) is 0 Å². The summed E-state index contributed by atoms with van der Waals surface area (Å²) in [5.74, 6) is 0. The standard InChI is InChI=1S/C14H27N3O2S/c1-4-6-15-14-16-11-13(20-14)12-17(8-10-19-3)7-5-9-18-2/h11H,4-10,12H2,1-3H3,(H,15,16). The minimum absolute atomic E-state index is 0.757. The van der Waals surface area contributed by atoms with Gasteiger partial charge in [0.15, 0.2) is 5.13 Å². The van der Waals surface area contributed by atoms with Gasteiger partial charge >= 0.3 is 0 Å². The third-order valence-electron chi connectivity index (χ3n) is 2.89. The minimum atomic E-state index is 0.757. The van der Waals surface area contributed by atoms with E-state index in [9.17, 15) is 0 Å². The molecule has 0 fully saturated rings. The predicted molar refractivity (Wildman–Crippen MR) is 84.5 cm³/mol. The van der Waals surface area contributed by atoms with E-state index in [2.05, 4.69) is 22.1 Å². The molecule has 0 aliphatic heterocycles. The molecule has 20 heavy (non-hydrogen) atoms. The second kappa shape index (κ2) is 11.0. The normalized spacial score (nSPS) is 11.2. The third-order valence-corrected chi connectivity index (χ3v) is 3.83. The molecule has 1 N–H and O–H groups in total. The molecule has 0 saturated heterocycles. The summed E-state index contributed by atoms with van der Waals surface area (Å²) in [7, 11) is 3.49. The summed E-state index contributed by atoms with van der Waals surface area (Å²) < 4.78 is 10.3. The van der Waals surface area contributed by atoms with Crippen molar-refractivity contribution in [1.29, 1.82) is 0 Å². The number of nitrogens with zero attached hydrogens (tertiary/aromatic N) is 2. The fourth-order valence-electron chi connectivity index (χ4n) is 1.84. The summed E-state index contributed by atoms with van der Waals surface area (Å²) in [6, 6.07) is 0. The second-order valence-corrected chi connectivity index (χ2v) is 5.79. The maximum absolute atomic E-state index is 5.18. The molecule has 0 aromatic carbocycles. The summed E-state index contributed by atoms with van der Waals surface area (Å²) in [6.07, 6.45) is 4.13. The predicted octanol–water partition coefficient (Wildman–Crippen LogP) is 2.45. The van der Waals surface area contributed by atoms with E-state index in [1.165, 1.54) is 4.88 Å². The van der Waals surface area contributed by atoms with Crippen molar-refractivity contribution in [3.05, 3.63) is 11.1 Å². The van der Waals surface area contributed by atoms with Gasteiger partial charge in [-0.1, -0.05) is 6.92 Å². The molecule has 1 aromatic heterocycles. The Hall–Kier alpha value is -0.690. The Labute approximate surface area is 126 Å². The van der Waals surface area contributed by atoms with Crippen LogP contribution in [-0.4, -0.2) is 57.0 Å². The van der Waals surface area contributed by atoms with E-state index in [1.54, 1.807) is 25.6 Å². The van der Waals surface area contributed by atoms with Crippen LogP contribution < -0.4 is 5.32 Å². The highest BCUT2D eigenvalue weighted by Crippen LogP contribution is 2.19. The molecule has 0 aliphatic carbocycles. The van der Waals surface area contributed by atoms with Gasteiger partial charge in [0, 0.05) is 58.1 Å². The van der Waals surface area contributed by atoms with Gasteiger partial charge in [-0.3, -0.25) is 4.90 Å². The molecule has 0 atom stereocenters. The van der Waals surface area contributed by atoms with Crippen molar-refractivity contribution in [1.82, 2.24) is 9.88 Å². The molecule has 1 aromatic rings. The molecule has 0 radical (unpaired) electrons. The zero-order valence-electron chi connectivity index (χ0n) is 12.9. The van der Waals surface area contributed by atoms with Crippen LogP contribution in [0.4, 0.5) is 5.13 Å². The van der Waals surface area contributed by atoms with E-state index in [4.69, 9.17) is 9.47 Å². The van der Waals surface area contributed by atoms with Crippen LogP contribution in [0.2, 0.25) is 0 Å². The summed E-state index contributed by atoms with van der Waals surface area (Å²) in [5, 5.41) is 4.35. The van der Waals surface area contributed by atoms with Gasteiger partial charge in [0.2, 0.25) is 0 Å². The highest BCUT2D eigenvalue weighted by atomic mass is 32.1. The van der Waals surface area contributed by atoms with Crippen molar-refractivity contribution < 1.29 is 9.47 Å². The van der Waals surface area contributed by atoms with Crippen LogP contribution in [0, 0.1) is 0 Å². The molecule has 116 valence electrons. The molecule has 1 heterocycles. The average Bonchev–Trinajstić information content (AvgIpc) is 2.90. The Morgan fingerprint density at radius 2 is 2.05 bits per heavy atom. The molecule has 1 rings (SSSR count). The van der Waals surface area contributed by atoms with E-state index >= 15 is 0 Å². The Morgan fingerprint density at radius 3 is 2.75 bits per heavy atom. The number of hydrogen-bond acceptors (Lipinski definition) is 6. The van der Waals surface area contributed by atoms with Gasteiger partial charge in [-0.15, -0.1) is 11.3 Å². The number of nitrogens with one attached hydrogen (secondary N) is 1. The van der Waals surface area contributed by atoms with E-state index in [-0.39, 0.29) is 0 Å². The summed E-state index contributed by atoms with van der Waals surface area (Å²) in [6.45, 7) is 7.58. The lowest BCUT2D eigenvalue weighted by molar-refractivity contribution is 0.130. The monoisotopic (exact) mass is 301 g/mol. The van der Waals surface area contributed by atoms with Crippen LogP contribution in [0.15, 0.2) is 6.20 Å². The van der Waals surface area contributed by atoms with Crippen molar-refractivity contribution in [2.24, 2.45) is 0 Å². The minimum Gasteiger partial charge on any atom is -0.385 e. The fourth-order valence-corrected chi connectivity index (χ4v) is 2.72. The van der Waals surface area contributed by atoms with Crippen molar-refractivity contribution >= 4 is 16.5 Å². The summed E-state index contributed by atoms with van der Waals surface area (Å²) in [4.78, 5) is 8.09. The average molecular weight is 301 g/mol. The molecular weight excluding hydrogens is 274 g/mol. The number of anilines is 1. The molecule has 6 heteroatoms. The van der Waals surface area contributed by atoms with Crippen LogP contribution in [0.1, 0.15) is 24.6 Å². The SMILES string of the molecule is CCCNc1ncc(CN(CCCOC)CCOC)s1. The van der Waals surface area contributed by atoms with Crippen LogP contribution in [0.25, 0.3) is 0 Å². The summed E-state index contributed by atoms with van der Waals surface area (Å²) in [5.41, 5.74) is 0. The van der Waals surface area contributed by atoms with Crippen LogP contribution in [0.5, 0.6) is 0 Å². The lowest BCUT2D eigenvalue weighted by Crippen LogP contribution is -2.28. The molecule has 0 aliphatic rings. The fraction of sp³-hybridized carbons (Fsp3) is 0.786. The zero-order valence-corrected chi connectivity index (χ0v) is 13.7. The Kier molecular flexibility index (Phi) is 9.57. The van der Waals surface area contributed by atoms with Gasteiger partial charge in [-0.2, -0.15) is 0 Å². The van der Waals surface area contributed by atoms with E-state index in [1.807, 2.05) is 6.20 Å². The Balaban J connectivity index is 2.43. The largest absolute Gasteiger partial charge is 0.385 e. The maximum Gasteiger partial charge on any atom is 0.182 e. The molecule has 5 nitrogen and oxygen atoms in total. The van der Waals surface area contributed by atoms with E-state index < -0.39 is 0 Å². The molecule has 0 spiro atoms. The van der Waals surface area contributed by atoms with Crippen LogP contribution in [-0.2, 0) is 16.0 Å². The van der Waals surface area contributed by atoms with Crippen molar-refractivity contribution in [2.45, 2.75) is 26.3 Å². The topological polar surface area (TPSA) is 46.6 Å². The first-order valence-electron chi connectivity index (χ1n) is 7.19. The van der Waals surface area contributed by atoms with Gasteiger partial charge < -0.3 is 14.8 Å². The number of rotatable bonds is 12. The summed E-state index contributed by atoms with van der Waals surface area (Å²) >= 11 is 1.74. The quantitative estimate of drug-likeness (QED) is 0.601. The van der Waals surface area contributed by atoms with Gasteiger partial charge in [0.25, 0.3) is 0 Å². The number of hydrogen-bond donors (Lipinski definition) is 1. The third kappa shape index (κ3) is 7.19. The highest BCUT2D eigenvalue weighted by molar-refractivity contribution is 7.15. The molecule has 0 amide bonds. The number of ether oxygens (including phenoxy) is 2.